The van der Waals surface area contributed by atoms with Crippen molar-refractivity contribution < 1.29 is 17.2 Å². The molecule has 3 N–H and O–H groups in total. The molecule has 2 aromatic carbocycles. The Morgan fingerprint density at radius 1 is 1.15 bits per heavy atom. The molecule has 0 aliphatic carbocycles. The smallest absolute Gasteiger partial charge is 0.263 e. The van der Waals surface area contributed by atoms with Crippen LogP contribution < -0.4 is 10.5 Å². The van der Waals surface area contributed by atoms with Gasteiger partial charge in [0.2, 0.25) is 0 Å². The molecule has 4 nitrogen and oxygen atoms in total. The largest absolute Gasteiger partial charge is 0.397 e. The molecule has 0 fully saturated rings. The molecule has 0 spiro atoms. The van der Waals surface area contributed by atoms with E-state index in [1.165, 1.54) is 18.2 Å². The molecule has 8 heteroatoms. The second-order valence-electron chi connectivity index (χ2n) is 3.89. The van der Waals surface area contributed by atoms with E-state index in [4.69, 9.17) is 17.3 Å². The van der Waals surface area contributed by atoms with Crippen LogP contribution in [0.25, 0.3) is 0 Å². The third-order valence-electron chi connectivity index (χ3n) is 2.45. The van der Waals surface area contributed by atoms with Gasteiger partial charge in [0, 0.05) is 6.07 Å². The van der Waals surface area contributed by atoms with Gasteiger partial charge in [-0.05, 0) is 18.2 Å². The van der Waals surface area contributed by atoms with Crippen LogP contribution in [0.1, 0.15) is 0 Å². The Bertz CT molecular complexity index is 743. The fraction of sp³-hybridized carbons (Fsp3) is 0. The number of hydrogen-bond acceptors (Lipinski definition) is 3. The van der Waals surface area contributed by atoms with Gasteiger partial charge in [-0.15, -0.1) is 0 Å². The zero-order valence-corrected chi connectivity index (χ0v) is 11.5. The summed E-state index contributed by atoms with van der Waals surface area (Å²) in [5, 5.41) is -0.0268. The second kappa shape index (κ2) is 5.26. The van der Waals surface area contributed by atoms with Crippen molar-refractivity contribution in [1.29, 1.82) is 0 Å². The van der Waals surface area contributed by atoms with Crippen LogP contribution in [0.3, 0.4) is 0 Å². The first-order chi connectivity index (χ1) is 9.31. The van der Waals surface area contributed by atoms with E-state index in [-0.39, 0.29) is 15.6 Å². The van der Waals surface area contributed by atoms with E-state index in [1.54, 1.807) is 6.07 Å². The highest BCUT2D eigenvalue weighted by atomic mass is 35.5. The number of halogens is 3. The molecule has 0 saturated heterocycles. The summed E-state index contributed by atoms with van der Waals surface area (Å²) in [6, 6.07) is 6.98. The normalized spacial score (nSPS) is 11.3. The highest BCUT2D eigenvalue weighted by molar-refractivity contribution is 7.92. The van der Waals surface area contributed by atoms with Crippen LogP contribution in [0.15, 0.2) is 41.3 Å². The van der Waals surface area contributed by atoms with Crippen LogP contribution >= 0.6 is 11.6 Å². The fourth-order valence-corrected chi connectivity index (χ4v) is 3.17. The lowest BCUT2D eigenvalue weighted by molar-refractivity contribution is 0.583. The molecule has 20 heavy (non-hydrogen) atoms. The summed E-state index contributed by atoms with van der Waals surface area (Å²) in [6.45, 7) is 0. The molecule has 2 aromatic rings. The molecule has 0 radical (unpaired) electrons. The van der Waals surface area contributed by atoms with Crippen molar-refractivity contribution in [1.82, 2.24) is 0 Å². The molecule has 2 rings (SSSR count). The van der Waals surface area contributed by atoms with E-state index < -0.39 is 27.3 Å². The van der Waals surface area contributed by atoms with Gasteiger partial charge >= 0.3 is 0 Å². The number of nitrogen functional groups attached to an aromatic ring is 1. The van der Waals surface area contributed by atoms with Crippen LogP contribution in [0, 0.1) is 11.6 Å². The Hall–Kier alpha value is -1.86. The zero-order valence-electron chi connectivity index (χ0n) is 9.90. The maximum absolute atomic E-state index is 13.6. The minimum atomic E-state index is -4.13. The first kappa shape index (κ1) is 14.5. The third kappa shape index (κ3) is 2.83. The highest BCUT2D eigenvalue weighted by Gasteiger charge is 2.21. The monoisotopic (exact) mass is 318 g/mol. The fourth-order valence-electron chi connectivity index (χ4n) is 1.55. The van der Waals surface area contributed by atoms with E-state index in [2.05, 4.69) is 0 Å². The van der Waals surface area contributed by atoms with E-state index in [0.717, 1.165) is 6.07 Å². The van der Waals surface area contributed by atoms with Gasteiger partial charge in [0.25, 0.3) is 10.0 Å². The molecule has 0 aliphatic rings. The summed E-state index contributed by atoms with van der Waals surface area (Å²) >= 11 is 5.78. The number of nitrogens with two attached hydrogens (primary N) is 1. The van der Waals surface area contributed by atoms with Gasteiger partial charge in [0.1, 0.15) is 16.4 Å². The zero-order chi connectivity index (χ0) is 14.9. The summed E-state index contributed by atoms with van der Waals surface area (Å²) in [5.74, 6) is -2.01. The van der Waals surface area contributed by atoms with Crippen LogP contribution in [-0.4, -0.2) is 8.42 Å². The Labute approximate surface area is 119 Å². The molecule has 0 atom stereocenters. The van der Waals surface area contributed by atoms with Crippen LogP contribution in [-0.2, 0) is 10.0 Å². The van der Waals surface area contributed by atoms with Crippen LogP contribution in [0.2, 0.25) is 5.02 Å². The minimum Gasteiger partial charge on any atom is -0.397 e. The van der Waals surface area contributed by atoms with E-state index in [1.807, 2.05) is 4.72 Å². The molecule has 0 aromatic heterocycles. The molecule has 0 bridgehead atoms. The van der Waals surface area contributed by atoms with Gasteiger partial charge in [-0.3, -0.25) is 4.72 Å². The minimum absolute atomic E-state index is 0.0268. The summed E-state index contributed by atoms with van der Waals surface area (Å²) in [4.78, 5) is -0.232. The lowest BCUT2D eigenvalue weighted by atomic mass is 10.2. The first-order valence-corrected chi connectivity index (χ1v) is 7.19. The van der Waals surface area contributed by atoms with Gasteiger partial charge in [-0.1, -0.05) is 23.7 Å². The molecule has 106 valence electrons. The lowest BCUT2D eigenvalue weighted by Gasteiger charge is -2.12. The number of sulfonamides is 1. The Morgan fingerprint density at radius 3 is 2.40 bits per heavy atom. The van der Waals surface area contributed by atoms with Crippen molar-refractivity contribution in [2.24, 2.45) is 0 Å². The van der Waals surface area contributed by atoms with Crippen molar-refractivity contribution in [2.45, 2.75) is 4.90 Å². The van der Waals surface area contributed by atoms with Crippen molar-refractivity contribution in [3.63, 3.8) is 0 Å². The topological polar surface area (TPSA) is 72.2 Å². The quantitative estimate of drug-likeness (QED) is 0.854. The number of rotatable bonds is 3. The van der Waals surface area contributed by atoms with E-state index in [0.29, 0.717) is 6.07 Å². The van der Waals surface area contributed by atoms with Crippen molar-refractivity contribution in [3.05, 3.63) is 53.1 Å². The SMILES string of the molecule is Nc1cc(F)cc(F)c1NS(=O)(=O)c1ccccc1Cl. The van der Waals surface area contributed by atoms with Gasteiger partial charge in [-0.2, -0.15) is 0 Å². The average molecular weight is 319 g/mol. The Kier molecular flexibility index (Phi) is 3.82. The van der Waals surface area contributed by atoms with Gasteiger partial charge in [0.05, 0.1) is 10.7 Å². The average Bonchev–Trinajstić information content (AvgIpc) is 2.34. The van der Waals surface area contributed by atoms with Crippen LogP contribution in [0.5, 0.6) is 0 Å². The van der Waals surface area contributed by atoms with Crippen LogP contribution in [0.4, 0.5) is 20.2 Å². The second-order valence-corrected chi connectivity index (χ2v) is 5.95. The van der Waals surface area contributed by atoms with Gasteiger partial charge in [0.15, 0.2) is 5.82 Å². The molecule has 0 unspecified atom stereocenters. The number of benzene rings is 2. The van der Waals surface area contributed by atoms with Gasteiger partial charge in [-0.25, -0.2) is 17.2 Å². The highest BCUT2D eigenvalue weighted by Crippen LogP contribution is 2.28. The van der Waals surface area contributed by atoms with Gasteiger partial charge < -0.3 is 5.73 Å². The Morgan fingerprint density at radius 2 is 1.80 bits per heavy atom. The molecular weight excluding hydrogens is 310 g/mol. The van der Waals surface area contributed by atoms with Crippen molar-refractivity contribution >= 4 is 33.0 Å². The van der Waals surface area contributed by atoms with Crippen molar-refractivity contribution in [2.75, 3.05) is 10.5 Å². The predicted molar refractivity (Wildman–Crippen MR) is 73.0 cm³/mol. The summed E-state index contributed by atoms with van der Waals surface area (Å²) in [5.41, 5.74) is 4.52. The number of nitrogens with one attached hydrogen (secondary N) is 1. The summed E-state index contributed by atoms with van der Waals surface area (Å²) in [7, 11) is -4.13. The third-order valence-corrected chi connectivity index (χ3v) is 4.30. The molecular formula is C12H9ClF2N2O2S. The standard InChI is InChI=1S/C12H9ClF2N2O2S/c13-8-3-1-2-4-11(8)20(18,19)17-12-9(15)5-7(14)6-10(12)16/h1-6,17H,16H2. The molecule has 0 saturated carbocycles. The maximum Gasteiger partial charge on any atom is 0.263 e. The van der Waals surface area contributed by atoms with E-state index >= 15 is 0 Å². The predicted octanol–water partition coefficient (Wildman–Crippen LogP) is 3.00. The lowest BCUT2D eigenvalue weighted by Crippen LogP contribution is -2.16. The first-order valence-electron chi connectivity index (χ1n) is 5.33. The summed E-state index contributed by atoms with van der Waals surface area (Å²) < 4.78 is 52.6. The molecule has 0 amide bonds. The maximum atomic E-state index is 13.6. The summed E-state index contributed by atoms with van der Waals surface area (Å²) in [6.07, 6.45) is 0. The molecule has 0 heterocycles. The van der Waals surface area contributed by atoms with Crippen molar-refractivity contribution in [3.8, 4) is 0 Å². The van der Waals surface area contributed by atoms with E-state index in [9.17, 15) is 17.2 Å². The molecule has 0 aliphatic heterocycles. The Balaban J connectivity index is 2.47. The number of hydrogen-bond donors (Lipinski definition) is 2. The number of anilines is 2.